The maximum Gasteiger partial charge on any atom is 0.341 e. The van der Waals surface area contributed by atoms with Gasteiger partial charge in [0.2, 0.25) is 9.84 Å². The highest BCUT2D eigenvalue weighted by molar-refractivity contribution is 7.91. The Labute approximate surface area is 171 Å². The van der Waals surface area contributed by atoms with Crippen molar-refractivity contribution in [1.82, 2.24) is 5.16 Å². The average molecular weight is 436 g/mol. The number of sulfone groups is 1. The monoisotopic (exact) mass is 436 g/mol. The van der Waals surface area contributed by atoms with E-state index in [-0.39, 0.29) is 12.3 Å². The number of aromatic nitrogens is 1. The number of carbonyl (C=O) groups is 1. The van der Waals surface area contributed by atoms with Crippen LogP contribution in [-0.4, -0.2) is 25.2 Å². The molecule has 0 saturated heterocycles. The van der Waals surface area contributed by atoms with E-state index in [1.807, 2.05) is 0 Å². The summed E-state index contributed by atoms with van der Waals surface area (Å²) in [5.41, 5.74) is 2.10. The Morgan fingerprint density at radius 2 is 1.87 bits per heavy atom. The minimum atomic E-state index is -4.68. The lowest BCUT2D eigenvalue weighted by molar-refractivity contribution is 0.102. The molecule has 158 valence electrons. The van der Waals surface area contributed by atoms with Crippen molar-refractivity contribution in [3.63, 3.8) is 0 Å². The fourth-order valence-electron chi connectivity index (χ4n) is 2.62. The van der Waals surface area contributed by atoms with Crippen molar-refractivity contribution in [3.05, 3.63) is 71.1 Å². The number of nitrogens with zero attached hydrogens (tertiary/aromatic N) is 1. The van der Waals surface area contributed by atoms with E-state index in [0.717, 1.165) is 23.4 Å². The number of halogens is 2. The van der Waals surface area contributed by atoms with E-state index in [9.17, 15) is 22.0 Å². The summed E-state index contributed by atoms with van der Waals surface area (Å²) in [4.78, 5) is 11.9. The van der Waals surface area contributed by atoms with Crippen molar-refractivity contribution < 1.29 is 31.3 Å². The first-order valence-electron chi connectivity index (χ1n) is 8.76. The molecule has 0 unspecified atom stereocenters. The summed E-state index contributed by atoms with van der Waals surface area (Å²) >= 11 is 0. The zero-order chi connectivity index (χ0) is 21.9. The zero-order valence-corrected chi connectivity index (χ0v) is 16.9. The van der Waals surface area contributed by atoms with Crippen molar-refractivity contribution in [3.8, 4) is 5.75 Å². The summed E-state index contributed by atoms with van der Waals surface area (Å²) < 4.78 is 58.9. The second kappa shape index (κ2) is 8.62. The van der Waals surface area contributed by atoms with Gasteiger partial charge in [-0.2, -0.15) is 8.78 Å². The quantitative estimate of drug-likeness (QED) is 0.598. The summed E-state index contributed by atoms with van der Waals surface area (Å²) in [5, 5.41) is 6.43. The molecule has 1 N–H and O–H groups in total. The Hall–Kier alpha value is -3.27. The smallest absolute Gasteiger partial charge is 0.341 e. The Kier molecular flexibility index (Phi) is 6.16. The predicted molar refractivity (Wildman–Crippen MR) is 104 cm³/mol. The highest BCUT2D eigenvalue weighted by Crippen LogP contribution is 2.22. The number of amides is 1. The number of ether oxygens (including phenoxy) is 1. The third kappa shape index (κ3) is 4.65. The molecule has 1 heterocycles. The lowest BCUT2D eigenvalue weighted by Crippen LogP contribution is -2.13. The van der Waals surface area contributed by atoms with Gasteiger partial charge in [0.1, 0.15) is 18.1 Å². The number of anilines is 1. The summed E-state index contributed by atoms with van der Waals surface area (Å²) in [6.45, 7) is 3.81. The van der Waals surface area contributed by atoms with E-state index in [4.69, 9.17) is 9.26 Å². The van der Waals surface area contributed by atoms with Gasteiger partial charge in [-0.05, 0) is 56.3 Å². The Morgan fingerprint density at radius 3 is 2.47 bits per heavy atom. The molecule has 10 heteroatoms. The summed E-state index contributed by atoms with van der Waals surface area (Å²) in [7, 11) is -4.68. The molecule has 0 bridgehead atoms. The predicted octanol–water partition coefficient (Wildman–Crippen LogP) is 4.12. The number of aryl methyl sites for hydroxylation is 2. The SMILES string of the molecule is Cc1noc(C)c1COc1cccc(C(=O)Nc2ccc(S(=O)(=O)C(F)F)cc2)c1. The molecule has 1 aromatic heterocycles. The number of hydrogen-bond acceptors (Lipinski definition) is 6. The molecule has 0 aliphatic heterocycles. The van der Waals surface area contributed by atoms with E-state index in [0.29, 0.717) is 17.1 Å². The topological polar surface area (TPSA) is 98.5 Å². The Balaban J connectivity index is 1.68. The summed E-state index contributed by atoms with van der Waals surface area (Å²) in [5.74, 6) is -2.87. The second-order valence-electron chi connectivity index (χ2n) is 6.40. The second-order valence-corrected chi connectivity index (χ2v) is 8.32. The molecule has 1 amide bonds. The van der Waals surface area contributed by atoms with Crippen LogP contribution >= 0.6 is 0 Å². The number of alkyl halides is 2. The van der Waals surface area contributed by atoms with Crippen LogP contribution < -0.4 is 10.1 Å². The highest BCUT2D eigenvalue weighted by atomic mass is 32.2. The van der Waals surface area contributed by atoms with Gasteiger partial charge in [-0.3, -0.25) is 4.79 Å². The van der Waals surface area contributed by atoms with Crippen LogP contribution in [0.5, 0.6) is 5.75 Å². The van der Waals surface area contributed by atoms with Crippen LogP contribution in [0, 0.1) is 13.8 Å². The van der Waals surface area contributed by atoms with Crippen LogP contribution in [0.1, 0.15) is 27.4 Å². The number of nitrogens with one attached hydrogen (secondary N) is 1. The van der Waals surface area contributed by atoms with E-state index in [1.54, 1.807) is 38.1 Å². The van der Waals surface area contributed by atoms with Crippen molar-refractivity contribution >= 4 is 21.4 Å². The van der Waals surface area contributed by atoms with Crippen LogP contribution in [0.3, 0.4) is 0 Å². The number of rotatable bonds is 7. The first-order chi connectivity index (χ1) is 14.2. The fraction of sp³-hybridized carbons (Fsp3) is 0.200. The molecule has 2 aromatic carbocycles. The van der Waals surface area contributed by atoms with Gasteiger partial charge in [0, 0.05) is 11.3 Å². The molecule has 0 spiro atoms. The van der Waals surface area contributed by atoms with Gasteiger partial charge in [0.05, 0.1) is 16.2 Å². The maximum atomic E-state index is 12.6. The van der Waals surface area contributed by atoms with Crippen molar-refractivity contribution in [1.29, 1.82) is 0 Å². The average Bonchev–Trinajstić information content (AvgIpc) is 3.04. The van der Waals surface area contributed by atoms with E-state index < -0.39 is 26.4 Å². The normalized spacial score (nSPS) is 11.5. The zero-order valence-electron chi connectivity index (χ0n) is 16.1. The van der Waals surface area contributed by atoms with Gasteiger partial charge in [-0.25, -0.2) is 8.42 Å². The van der Waals surface area contributed by atoms with Crippen LogP contribution in [0.15, 0.2) is 57.9 Å². The molecule has 3 aromatic rings. The summed E-state index contributed by atoms with van der Waals surface area (Å²) in [6, 6.07) is 11.0. The Morgan fingerprint density at radius 1 is 1.17 bits per heavy atom. The number of benzene rings is 2. The van der Waals surface area contributed by atoms with Crippen LogP contribution in [-0.2, 0) is 16.4 Å². The van der Waals surface area contributed by atoms with Crippen LogP contribution in [0.25, 0.3) is 0 Å². The van der Waals surface area contributed by atoms with Gasteiger partial charge in [0.15, 0.2) is 0 Å². The largest absolute Gasteiger partial charge is 0.489 e. The third-order valence-corrected chi connectivity index (χ3v) is 5.73. The minimum absolute atomic E-state index is 0.228. The first-order valence-corrected chi connectivity index (χ1v) is 10.3. The van der Waals surface area contributed by atoms with Gasteiger partial charge in [-0.1, -0.05) is 11.2 Å². The van der Waals surface area contributed by atoms with Gasteiger partial charge < -0.3 is 14.6 Å². The molecular weight excluding hydrogens is 418 g/mol. The lowest BCUT2D eigenvalue weighted by atomic mass is 10.2. The molecule has 0 aliphatic rings. The molecule has 3 rings (SSSR count). The van der Waals surface area contributed by atoms with E-state index in [2.05, 4.69) is 10.5 Å². The highest BCUT2D eigenvalue weighted by Gasteiger charge is 2.26. The van der Waals surface area contributed by atoms with Crippen molar-refractivity contribution in [2.24, 2.45) is 0 Å². The molecular formula is C20H18F2N2O5S. The molecule has 30 heavy (non-hydrogen) atoms. The number of carbonyl (C=O) groups excluding carboxylic acids is 1. The molecule has 0 saturated carbocycles. The van der Waals surface area contributed by atoms with Gasteiger partial charge in [0.25, 0.3) is 5.91 Å². The first kappa shape index (κ1) is 21.4. The van der Waals surface area contributed by atoms with Gasteiger partial charge in [-0.15, -0.1) is 0 Å². The lowest BCUT2D eigenvalue weighted by Gasteiger charge is -2.09. The molecule has 7 nitrogen and oxygen atoms in total. The molecule has 0 fully saturated rings. The third-order valence-electron chi connectivity index (χ3n) is 4.34. The van der Waals surface area contributed by atoms with E-state index >= 15 is 0 Å². The standard InChI is InChI=1S/C20H18F2N2O5S/c1-12-18(13(2)29-24-12)11-28-16-5-3-4-14(10-16)19(25)23-15-6-8-17(9-7-15)30(26,27)20(21)22/h3-10,20H,11H2,1-2H3,(H,23,25). The van der Waals surface area contributed by atoms with Crippen molar-refractivity contribution in [2.45, 2.75) is 31.1 Å². The van der Waals surface area contributed by atoms with Crippen LogP contribution in [0.2, 0.25) is 0 Å². The van der Waals surface area contributed by atoms with Crippen molar-refractivity contribution in [2.75, 3.05) is 5.32 Å². The van der Waals surface area contributed by atoms with Crippen LogP contribution in [0.4, 0.5) is 14.5 Å². The molecule has 0 aliphatic carbocycles. The number of hydrogen-bond donors (Lipinski definition) is 1. The molecule has 0 radical (unpaired) electrons. The summed E-state index contributed by atoms with van der Waals surface area (Å²) in [6.07, 6.45) is 0. The van der Waals surface area contributed by atoms with E-state index in [1.165, 1.54) is 12.1 Å². The fourth-order valence-corrected chi connectivity index (χ4v) is 3.35. The minimum Gasteiger partial charge on any atom is -0.489 e. The Bertz CT molecular complexity index is 1140. The molecule has 0 atom stereocenters. The maximum absolute atomic E-state index is 12.6. The van der Waals surface area contributed by atoms with Gasteiger partial charge >= 0.3 is 5.76 Å².